The minimum atomic E-state index is 0.889. The molecule has 0 atom stereocenters. The summed E-state index contributed by atoms with van der Waals surface area (Å²) in [5.41, 5.74) is 0. The third-order valence-electron chi connectivity index (χ3n) is 0.797. The molecular weight excluding hydrogens is 140 g/mol. The number of thiol groups is 1. The first-order valence-corrected chi connectivity index (χ1v) is 3.47. The number of thiophene rings is 1. The maximum atomic E-state index is 4.90. The fraction of sp³-hybridized carbons (Fsp3) is 0.200. The average Bonchev–Trinajstić information content (AvgIpc) is 2.14. The Kier molecular flexibility index (Phi) is 1.81. The minimum absolute atomic E-state index is 0.889. The van der Waals surface area contributed by atoms with Crippen LogP contribution in [0.2, 0.25) is 0 Å². The van der Waals surface area contributed by atoms with E-state index in [2.05, 4.69) is 12.6 Å². The second-order valence-electron chi connectivity index (χ2n) is 1.32. The molecule has 0 aliphatic carbocycles. The van der Waals surface area contributed by atoms with Crippen molar-refractivity contribution in [2.24, 2.45) is 0 Å². The number of methoxy groups -OCH3 is 1. The van der Waals surface area contributed by atoms with Gasteiger partial charge < -0.3 is 4.74 Å². The Morgan fingerprint density at radius 2 is 2.50 bits per heavy atom. The van der Waals surface area contributed by atoms with Crippen LogP contribution in [0.5, 0.6) is 5.75 Å². The van der Waals surface area contributed by atoms with Gasteiger partial charge in [-0.1, -0.05) is 0 Å². The predicted octanol–water partition coefficient (Wildman–Crippen LogP) is 2.05. The third-order valence-corrected chi connectivity index (χ3v) is 1.95. The molecule has 0 saturated carbocycles. The van der Waals surface area contributed by atoms with Gasteiger partial charge in [-0.25, -0.2) is 0 Å². The van der Waals surface area contributed by atoms with Gasteiger partial charge in [-0.3, -0.25) is 0 Å². The topological polar surface area (TPSA) is 9.23 Å². The average molecular weight is 146 g/mol. The van der Waals surface area contributed by atoms with Gasteiger partial charge in [0.25, 0.3) is 0 Å². The van der Waals surface area contributed by atoms with Crippen LogP contribution in [-0.2, 0) is 0 Å². The normalized spacial score (nSPS) is 9.25. The summed E-state index contributed by atoms with van der Waals surface area (Å²) in [4.78, 5) is 0. The van der Waals surface area contributed by atoms with Gasteiger partial charge in [-0.2, -0.15) is 0 Å². The van der Waals surface area contributed by atoms with Crippen molar-refractivity contribution < 1.29 is 4.74 Å². The van der Waals surface area contributed by atoms with Crippen LogP contribution in [0.15, 0.2) is 15.7 Å². The van der Waals surface area contributed by atoms with Crippen LogP contribution in [0.4, 0.5) is 0 Å². The van der Waals surface area contributed by atoms with Crippen LogP contribution < -0.4 is 4.74 Å². The molecule has 0 saturated heterocycles. The van der Waals surface area contributed by atoms with E-state index in [0.29, 0.717) is 0 Å². The molecular formula is C5H6OS2. The maximum absolute atomic E-state index is 4.90. The van der Waals surface area contributed by atoms with Crippen molar-refractivity contribution in [3.63, 3.8) is 0 Å². The van der Waals surface area contributed by atoms with E-state index in [0.717, 1.165) is 9.96 Å². The van der Waals surface area contributed by atoms with Crippen LogP contribution in [0.25, 0.3) is 0 Å². The summed E-state index contributed by atoms with van der Waals surface area (Å²) >= 11 is 5.67. The molecule has 0 bridgehead atoms. The molecule has 8 heavy (non-hydrogen) atoms. The molecule has 1 rings (SSSR count). The lowest BCUT2D eigenvalue weighted by Crippen LogP contribution is -1.74. The molecule has 0 fully saturated rings. The zero-order valence-corrected chi connectivity index (χ0v) is 6.13. The molecule has 1 aromatic heterocycles. The van der Waals surface area contributed by atoms with E-state index in [4.69, 9.17) is 4.74 Å². The Balaban J connectivity index is 2.84. The number of ether oxygens (including phenoxy) is 1. The standard InChI is InChI=1S/C5H6OS2/c1-6-4-2-5(7)8-3-4/h2-3,7H,1H3. The Labute approximate surface area is 57.7 Å². The monoisotopic (exact) mass is 146 g/mol. The first-order valence-electron chi connectivity index (χ1n) is 2.14. The summed E-state index contributed by atoms with van der Waals surface area (Å²) in [5.74, 6) is 0.889. The molecule has 1 aromatic rings. The molecule has 0 unspecified atom stereocenters. The molecule has 0 aliphatic heterocycles. The largest absolute Gasteiger partial charge is 0.496 e. The van der Waals surface area contributed by atoms with Gasteiger partial charge in [-0.15, -0.1) is 24.0 Å². The van der Waals surface area contributed by atoms with Crippen molar-refractivity contribution in [3.8, 4) is 5.75 Å². The van der Waals surface area contributed by atoms with Crippen molar-refractivity contribution in [1.82, 2.24) is 0 Å². The molecule has 0 amide bonds. The third kappa shape index (κ3) is 1.17. The quantitative estimate of drug-likeness (QED) is 0.596. The maximum Gasteiger partial charge on any atom is 0.130 e. The van der Waals surface area contributed by atoms with Crippen molar-refractivity contribution in [3.05, 3.63) is 11.4 Å². The highest BCUT2D eigenvalue weighted by Crippen LogP contribution is 2.23. The molecule has 0 radical (unpaired) electrons. The van der Waals surface area contributed by atoms with Gasteiger partial charge in [0.1, 0.15) is 5.75 Å². The fourth-order valence-electron chi connectivity index (χ4n) is 0.415. The molecule has 0 aliphatic rings. The Hall–Kier alpha value is -0.150. The van der Waals surface area contributed by atoms with E-state index in [1.807, 2.05) is 11.4 Å². The van der Waals surface area contributed by atoms with Crippen molar-refractivity contribution in [1.29, 1.82) is 0 Å². The lowest BCUT2D eigenvalue weighted by Gasteiger charge is -1.87. The van der Waals surface area contributed by atoms with Gasteiger partial charge in [0.05, 0.1) is 11.3 Å². The summed E-state index contributed by atoms with van der Waals surface area (Å²) in [6, 6.07) is 1.88. The van der Waals surface area contributed by atoms with Crippen molar-refractivity contribution in [2.45, 2.75) is 4.21 Å². The molecule has 0 aromatic carbocycles. The number of hydrogen-bond acceptors (Lipinski definition) is 3. The van der Waals surface area contributed by atoms with E-state index in [-0.39, 0.29) is 0 Å². The molecule has 1 nitrogen and oxygen atoms in total. The first kappa shape index (κ1) is 5.98. The molecule has 3 heteroatoms. The van der Waals surface area contributed by atoms with E-state index < -0.39 is 0 Å². The van der Waals surface area contributed by atoms with Gasteiger partial charge in [0, 0.05) is 11.4 Å². The Morgan fingerprint density at radius 3 is 2.75 bits per heavy atom. The lowest BCUT2D eigenvalue weighted by molar-refractivity contribution is 0.416. The van der Waals surface area contributed by atoms with E-state index >= 15 is 0 Å². The van der Waals surface area contributed by atoms with E-state index in [1.54, 1.807) is 18.4 Å². The first-order chi connectivity index (χ1) is 3.83. The predicted molar refractivity (Wildman–Crippen MR) is 38.1 cm³/mol. The van der Waals surface area contributed by atoms with Gasteiger partial charge in [0.2, 0.25) is 0 Å². The van der Waals surface area contributed by atoms with E-state index in [1.165, 1.54) is 0 Å². The Bertz CT molecular complexity index is 171. The zero-order valence-electron chi connectivity index (χ0n) is 4.42. The van der Waals surface area contributed by atoms with Crippen molar-refractivity contribution in [2.75, 3.05) is 7.11 Å². The SMILES string of the molecule is COc1csc(S)c1. The van der Waals surface area contributed by atoms with Crippen molar-refractivity contribution >= 4 is 24.0 Å². The van der Waals surface area contributed by atoms with Crippen LogP contribution in [0.1, 0.15) is 0 Å². The Morgan fingerprint density at radius 1 is 1.75 bits per heavy atom. The second kappa shape index (κ2) is 2.42. The van der Waals surface area contributed by atoms with E-state index in [9.17, 15) is 0 Å². The van der Waals surface area contributed by atoms with Gasteiger partial charge >= 0.3 is 0 Å². The highest BCUT2D eigenvalue weighted by molar-refractivity contribution is 7.82. The highest BCUT2D eigenvalue weighted by atomic mass is 32.2. The molecule has 1 heterocycles. The summed E-state index contributed by atoms with van der Waals surface area (Å²) in [7, 11) is 1.65. The summed E-state index contributed by atoms with van der Waals surface area (Å²) in [6.07, 6.45) is 0. The second-order valence-corrected chi connectivity index (χ2v) is 3.02. The lowest BCUT2D eigenvalue weighted by atomic mass is 10.6. The van der Waals surface area contributed by atoms with Gasteiger partial charge in [-0.05, 0) is 0 Å². The summed E-state index contributed by atoms with van der Waals surface area (Å²) in [6.45, 7) is 0. The number of hydrogen-bond donors (Lipinski definition) is 1. The molecule has 44 valence electrons. The minimum Gasteiger partial charge on any atom is -0.496 e. The summed E-state index contributed by atoms with van der Waals surface area (Å²) in [5, 5.41) is 1.92. The van der Waals surface area contributed by atoms with Crippen LogP contribution >= 0.6 is 24.0 Å². The fourth-order valence-corrected chi connectivity index (χ4v) is 1.29. The van der Waals surface area contributed by atoms with Crippen LogP contribution in [0.3, 0.4) is 0 Å². The zero-order chi connectivity index (χ0) is 5.98. The van der Waals surface area contributed by atoms with Crippen LogP contribution in [-0.4, -0.2) is 7.11 Å². The highest BCUT2D eigenvalue weighted by Gasteiger charge is 1.91. The van der Waals surface area contributed by atoms with Crippen LogP contribution in [0, 0.1) is 0 Å². The molecule has 0 N–H and O–H groups in total. The van der Waals surface area contributed by atoms with Gasteiger partial charge in [0.15, 0.2) is 0 Å². The smallest absolute Gasteiger partial charge is 0.130 e. The summed E-state index contributed by atoms with van der Waals surface area (Å²) < 4.78 is 5.88. The number of rotatable bonds is 1. The molecule has 0 spiro atoms.